The fourth-order valence-corrected chi connectivity index (χ4v) is 2.95. The maximum atomic E-state index is 9.36. The molecule has 0 amide bonds. The van der Waals surface area contributed by atoms with Crippen LogP contribution < -0.4 is 5.73 Å². The molecule has 0 unspecified atom stereocenters. The van der Waals surface area contributed by atoms with Gasteiger partial charge in [0.15, 0.2) is 0 Å². The van der Waals surface area contributed by atoms with E-state index in [0.717, 1.165) is 38.0 Å². The zero-order valence-electron chi connectivity index (χ0n) is 7.75. The molecule has 1 rings (SSSR count). The Morgan fingerprint density at radius 1 is 1.50 bits per heavy atom. The first-order valence-corrected chi connectivity index (χ1v) is 5.99. The normalized spacial score (nSPS) is 36.8. The fraction of sp³-hybridized carbons (Fsp3) is 1.00. The third-order valence-electron chi connectivity index (χ3n) is 2.90. The molecule has 3 N–H and O–H groups in total. The standard InChI is InChI=1S/C9H19NOS/c1-12-7-9(6-10)4-2-8(11)3-5-9/h8,11H,2-7,10H2,1H3. The van der Waals surface area contributed by atoms with Crippen molar-refractivity contribution in [1.82, 2.24) is 0 Å². The lowest BCUT2D eigenvalue weighted by Gasteiger charge is -2.37. The first-order valence-electron chi connectivity index (χ1n) is 4.59. The Morgan fingerprint density at radius 2 is 2.08 bits per heavy atom. The second-order valence-corrected chi connectivity index (χ2v) is 4.73. The van der Waals surface area contributed by atoms with Crippen molar-refractivity contribution in [2.24, 2.45) is 11.1 Å². The van der Waals surface area contributed by atoms with Gasteiger partial charge in [0.05, 0.1) is 6.10 Å². The minimum atomic E-state index is -0.0634. The molecule has 0 spiro atoms. The van der Waals surface area contributed by atoms with Gasteiger partial charge in [-0.2, -0.15) is 11.8 Å². The Kier molecular flexibility index (Phi) is 3.87. The van der Waals surface area contributed by atoms with Crippen molar-refractivity contribution in [3.05, 3.63) is 0 Å². The number of aliphatic hydroxyl groups excluding tert-OH is 1. The number of nitrogens with two attached hydrogens (primary N) is 1. The molecule has 0 aliphatic heterocycles. The highest BCUT2D eigenvalue weighted by molar-refractivity contribution is 7.98. The van der Waals surface area contributed by atoms with E-state index >= 15 is 0 Å². The van der Waals surface area contributed by atoms with Gasteiger partial charge < -0.3 is 10.8 Å². The van der Waals surface area contributed by atoms with Crippen LogP contribution in [0.3, 0.4) is 0 Å². The van der Waals surface area contributed by atoms with Crippen molar-refractivity contribution < 1.29 is 5.11 Å². The summed E-state index contributed by atoms with van der Waals surface area (Å²) >= 11 is 1.87. The van der Waals surface area contributed by atoms with Gasteiger partial charge in [0.1, 0.15) is 0 Å². The van der Waals surface area contributed by atoms with E-state index in [0.29, 0.717) is 5.41 Å². The van der Waals surface area contributed by atoms with E-state index in [1.807, 2.05) is 11.8 Å². The Hall–Kier alpha value is 0.270. The zero-order chi connectivity index (χ0) is 9.03. The van der Waals surface area contributed by atoms with E-state index in [4.69, 9.17) is 5.73 Å². The fourth-order valence-electron chi connectivity index (χ4n) is 1.93. The molecule has 0 saturated heterocycles. The van der Waals surface area contributed by atoms with Crippen molar-refractivity contribution in [3.63, 3.8) is 0 Å². The van der Waals surface area contributed by atoms with Crippen LogP contribution >= 0.6 is 11.8 Å². The highest BCUT2D eigenvalue weighted by Crippen LogP contribution is 2.37. The van der Waals surface area contributed by atoms with E-state index in [1.54, 1.807) is 0 Å². The molecule has 1 saturated carbocycles. The van der Waals surface area contributed by atoms with Gasteiger partial charge >= 0.3 is 0 Å². The van der Waals surface area contributed by atoms with Crippen molar-refractivity contribution in [2.75, 3.05) is 18.6 Å². The summed E-state index contributed by atoms with van der Waals surface area (Å²) in [6.07, 6.45) is 6.15. The van der Waals surface area contributed by atoms with E-state index in [2.05, 4.69) is 6.26 Å². The molecule has 1 aliphatic carbocycles. The van der Waals surface area contributed by atoms with Gasteiger partial charge in [-0.05, 0) is 49.7 Å². The lowest BCUT2D eigenvalue weighted by molar-refractivity contribution is 0.0777. The summed E-state index contributed by atoms with van der Waals surface area (Å²) in [6, 6.07) is 0. The third kappa shape index (κ3) is 2.38. The summed E-state index contributed by atoms with van der Waals surface area (Å²) in [5.41, 5.74) is 6.11. The molecular formula is C9H19NOS. The second-order valence-electron chi connectivity index (χ2n) is 3.87. The summed E-state index contributed by atoms with van der Waals surface area (Å²) in [5.74, 6) is 1.15. The molecule has 0 aromatic heterocycles. The maximum Gasteiger partial charge on any atom is 0.0540 e. The van der Waals surface area contributed by atoms with Crippen LogP contribution in [0.25, 0.3) is 0 Å². The van der Waals surface area contributed by atoms with Gasteiger partial charge in [0.25, 0.3) is 0 Å². The van der Waals surface area contributed by atoms with Crippen LogP contribution in [0, 0.1) is 5.41 Å². The predicted octanol–water partition coefficient (Wildman–Crippen LogP) is 1.23. The predicted molar refractivity (Wildman–Crippen MR) is 54.3 cm³/mol. The number of hydrogen-bond acceptors (Lipinski definition) is 3. The smallest absolute Gasteiger partial charge is 0.0540 e. The molecule has 0 bridgehead atoms. The first kappa shape index (κ1) is 10.4. The molecule has 0 atom stereocenters. The van der Waals surface area contributed by atoms with Gasteiger partial charge in [0, 0.05) is 0 Å². The van der Waals surface area contributed by atoms with Gasteiger partial charge in [-0.3, -0.25) is 0 Å². The molecule has 0 radical (unpaired) electrons. The van der Waals surface area contributed by atoms with Gasteiger partial charge in [-0.15, -0.1) is 0 Å². The van der Waals surface area contributed by atoms with E-state index in [-0.39, 0.29) is 6.10 Å². The molecule has 1 fully saturated rings. The third-order valence-corrected chi connectivity index (χ3v) is 3.80. The highest BCUT2D eigenvalue weighted by Gasteiger charge is 2.32. The molecular weight excluding hydrogens is 170 g/mol. The minimum Gasteiger partial charge on any atom is -0.393 e. The van der Waals surface area contributed by atoms with E-state index < -0.39 is 0 Å². The quantitative estimate of drug-likeness (QED) is 0.702. The van der Waals surface area contributed by atoms with Crippen LogP contribution in [0.2, 0.25) is 0 Å². The lowest BCUT2D eigenvalue weighted by Crippen LogP contribution is -2.38. The topological polar surface area (TPSA) is 46.2 Å². The highest BCUT2D eigenvalue weighted by atomic mass is 32.2. The van der Waals surface area contributed by atoms with Crippen LogP contribution in [0.1, 0.15) is 25.7 Å². The number of thioether (sulfide) groups is 1. The Labute approximate surface area is 78.9 Å². The first-order chi connectivity index (χ1) is 5.72. The van der Waals surface area contributed by atoms with E-state index in [1.165, 1.54) is 0 Å². The summed E-state index contributed by atoms with van der Waals surface area (Å²) in [7, 11) is 0. The number of rotatable bonds is 3. The van der Waals surface area contributed by atoms with Crippen LogP contribution in [-0.2, 0) is 0 Å². The molecule has 0 aromatic rings. The summed E-state index contributed by atoms with van der Waals surface area (Å²) in [5, 5.41) is 9.36. The molecule has 3 heteroatoms. The van der Waals surface area contributed by atoms with Crippen molar-refractivity contribution >= 4 is 11.8 Å². The van der Waals surface area contributed by atoms with Crippen molar-refractivity contribution in [1.29, 1.82) is 0 Å². The second kappa shape index (κ2) is 4.49. The summed E-state index contributed by atoms with van der Waals surface area (Å²) in [6.45, 7) is 0.778. The molecule has 12 heavy (non-hydrogen) atoms. The van der Waals surface area contributed by atoms with Crippen LogP contribution in [0.4, 0.5) is 0 Å². The van der Waals surface area contributed by atoms with Crippen molar-refractivity contribution in [3.8, 4) is 0 Å². The SMILES string of the molecule is CSCC1(CN)CCC(O)CC1. The van der Waals surface area contributed by atoms with E-state index in [9.17, 15) is 5.11 Å². The monoisotopic (exact) mass is 189 g/mol. The zero-order valence-corrected chi connectivity index (χ0v) is 8.57. The Balaban J connectivity index is 2.45. The summed E-state index contributed by atoms with van der Waals surface area (Å²) in [4.78, 5) is 0. The molecule has 2 nitrogen and oxygen atoms in total. The molecule has 72 valence electrons. The van der Waals surface area contributed by atoms with Crippen LogP contribution in [-0.4, -0.2) is 29.8 Å². The molecule has 1 aliphatic rings. The van der Waals surface area contributed by atoms with Crippen LogP contribution in [0.15, 0.2) is 0 Å². The lowest BCUT2D eigenvalue weighted by atomic mass is 9.74. The Bertz CT molecular complexity index is 132. The minimum absolute atomic E-state index is 0.0634. The number of aliphatic hydroxyl groups is 1. The number of hydrogen-bond donors (Lipinski definition) is 2. The average molecular weight is 189 g/mol. The largest absolute Gasteiger partial charge is 0.393 e. The van der Waals surface area contributed by atoms with Gasteiger partial charge in [-0.1, -0.05) is 0 Å². The van der Waals surface area contributed by atoms with Crippen molar-refractivity contribution in [2.45, 2.75) is 31.8 Å². The van der Waals surface area contributed by atoms with Crippen LogP contribution in [0.5, 0.6) is 0 Å². The average Bonchev–Trinajstić information content (AvgIpc) is 2.10. The van der Waals surface area contributed by atoms with Gasteiger partial charge in [-0.25, -0.2) is 0 Å². The molecule has 0 aromatic carbocycles. The Morgan fingerprint density at radius 3 is 2.50 bits per heavy atom. The van der Waals surface area contributed by atoms with Gasteiger partial charge in [0.2, 0.25) is 0 Å². The summed E-state index contributed by atoms with van der Waals surface area (Å²) < 4.78 is 0. The molecule has 0 heterocycles. The maximum absolute atomic E-state index is 9.36.